The monoisotopic (exact) mass is 544 g/mol. The first-order valence-electron chi connectivity index (χ1n) is 9.34. The van der Waals surface area contributed by atoms with E-state index in [1.165, 1.54) is 12.1 Å². The maximum atomic E-state index is 13.3. The second kappa shape index (κ2) is 11.2. The maximum absolute atomic E-state index is 13.3. The third-order valence-corrected chi connectivity index (χ3v) is 4.87. The molecule has 1 N–H and O–H groups in total. The molecule has 1 fully saturated rings. The van der Waals surface area contributed by atoms with Gasteiger partial charge in [-0.25, -0.2) is 0 Å². The fourth-order valence-electron chi connectivity index (χ4n) is 3.54. The topological polar surface area (TPSA) is 24.5 Å². The number of ether oxygens (including phenoxy) is 1. The van der Waals surface area contributed by atoms with E-state index in [0.717, 1.165) is 12.1 Å². The van der Waals surface area contributed by atoms with Crippen molar-refractivity contribution in [3.8, 4) is 5.75 Å². The zero-order chi connectivity index (χ0) is 23.7. The Labute approximate surface area is 201 Å². The molecule has 0 bridgehead atoms. The Morgan fingerprint density at radius 2 is 1.18 bits per heavy atom. The lowest BCUT2D eigenvalue weighted by atomic mass is 9.93. The van der Waals surface area contributed by atoms with E-state index >= 15 is 0 Å². The van der Waals surface area contributed by atoms with Crippen LogP contribution in [0.2, 0.25) is 0 Å². The van der Waals surface area contributed by atoms with Gasteiger partial charge in [0.2, 0.25) is 0 Å². The van der Waals surface area contributed by atoms with Gasteiger partial charge in [-0.05, 0) is 41.5 Å². The highest BCUT2D eigenvalue weighted by Gasteiger charge is 2.38. The second-order valence-electron chi connectivity index (χ2n) is 7.14. The molecule has 0 aliphatic carbocycles. The SMILES string of the molecule is Cl.Cl.FC(F)(F)Oc1ccc([C@H](c2cc(C(F)(F)F)cc(C(F)(F)F)c2)N2CCNCC2)cc1. The lowest BCUT2D eigenvalue weighted by molar-refractivity contribution is -0.274. The van der Waals surface area contributed by atoms with E-state index in [4.69, 9.17) is 0 Å². The summed E-state index contributed by atoms with van der Waals surface area (Å²) in [5.41, 5.74) is -2.95. The van der Waals surface area contributed by atoms with Gasteiger partial charge in [-0.3, -0.25) is 4.90 Å². The summed E-state index contributed by atoms with van der Waals surface area (Å²) in [6.45, 7) is 1.50. The van der Waals surface area contributed by atoms with Crippen LogP contribution in [0.4, 0.5) is 39.5 Å². The van der Waals surface area contributed by atoms with Crippen LogP contribution in [0.3, 0.4) is 0 Å². The van der Waals surface area contributed by atoms with E-state index in [1.54, 1.807) is 4.90 Å². The largest absolute Gasteiger partial charge is 0.573 e. The molecule has 0 amide bonds. The van der Waals surface area contributed by atoms with Crippen LogP contribution in [0.5, 0.6) is 5.75 Å². The van der Waals surface area contributed by atoms with Gasteiger partial charge in [-0.15, -0.1) is 38.0 Å². The summed E-state index contributed by atoms with van der Waals surface area (Å²) in [7, 11) is 0. The van der Waals surface area contributed by atoms with Gasteiger partial charge in [0.1, 0.15) is 5.75 Å². The minimum Gasteiger partial charge on any atom is -0.406 e. The quantitative estimate of drug-likeness (QED) is 0.447. The first-order valence-corrected chi connectivity index (χ1v) is 9.34. The van der Waals surface area contributed by atoms with Gasteiger partial charge in [0.05, 0.1) is 17.2 Å². The number of nitrogens with one attached hydrogen (secondary N) is 1. The average Bonchev–Trinajstić information content (AvgIpc) is 2.68. The van der Waals surface area contributed by atoms with Gasteiger partial charge in [-0.2, -0.15) is 26.3 Å². The molecular weight excluding hydrogens is 526 g/mol. The van der Waals surface area contributed by atoms with E-state index in [2.05, 4.69) is 10.1 Å². The van der Waals surface area contributed by atoms with Crippen molar-refractivity contribution in [3.63, 3.8) is 0 Å². The average molecular weight is 545 g/mol. The highest BCUT2D eigenvalue weighted by atomic mass is 35.5. The van der Waals surface area contributed by atoms with Crippen molar-refractivity contribution in [1.82, 2.24) is 10.2 Å². The minimum atomic E-state index is -5.02. The molecule has 192 valence electrons. The number of hydrogen-bond donors (Lipinski definition) is 1. The predicted molar refractivity (Wildman–Crippen MR) is 110 cm³/mol. The van der Waals surface area contributed by atoms with E-state index in [1.807, 2.05) is 0 Å². The van der Waals surface area contributed by atoms with Gasteiger partial charge in [-0.1, -0.05) is 12.1 Å². The summed E-state index contributed by atoms with van der Waals surface area (Å²) in [5, 5.41) is 3.03. The van der Waals surface area contributed by atoms with Crippen molar-refractivity contribution in [2.24, 2.45) is 0 Å². The van der Waals surface area contributed by atoms with Gasteiger partial charge in [0.25, 0.3) is 0 Å². The zero-order valence-corrected chi connectivity index (χ0v) is 18.7. The summed E-state index contributed by atoms with van der Waals surface area (Å²) < 4.78 is 121. The summed E-state index contributed by atoms with van der Waals surface area (Å²) in [6.07, 6.45) is -15.0. The smallest absolute Gasteiger partial charge is 0.406 e. The Bertz CT molecular complexity index is 893. The number of nitrogens with zero attached hydrogens (tertiary/aromatic N) is 1. The molecule has 3 nitrogen and oxygen atoms in total. The molecule has 2 aromatic rings. The normalized spacial score (nSPS) is 16.3. The highest BCUT2D eigenvalue weighted by molar-refractivity contribution is 5.85. The summed E-state index contributed by atoms with van der Waals surface area (Å²) in [6, 6.07) is 4.61. The lowest BCUT2D eigenvalue weighted by Gasteiger charge is -2.36. The summed E-state index contributed by atoms with van der Waals surface area (Å²) in [5.74, 6) is -0.555. The molecule has 1 heterocycles. The van der Waals surface area contributed by atoms with Gasteiger partial charge in [0, 0.05) is 26.2 Å². The van der Waals surface area contributed by atoms with Crippen molar-refractivity contribution in [1.29, 1.82) is 0 Å². The Hall–Kier alpha value is -1.89. The number of alkyl halides is 9. The van der Waals surface area contributed by atoms with Crippen molar-refractivity contribution in [2.75, 3.05) is 26.2 Å². The molecule has 14 heteroatoms. The maximum Gasteiger partial charge on any atom is 0.573 e. The van der Waals surface area contributed by atoms with E-state index < -0.39 is 41.6 Å². The second-order valence-corrected chi connectivity index (χ2v) is 7.14. The molecule has 0 aromatic heterocycles. The first kappa shape index (κ1) is 30.1. The third kappa shape index (κ3) is 7.82. The molecule has 1 aliphatic heterocycles. The van der Waals surface area contributed by atoms with Crippen molar-refractivity contribution >= 4 is 24.8 Å². The molecular formula is C20H19Cl2F9N2O. The summed E-state index contributed by atoms with van der Waals surface area (Å²) >= 11 is 0. The van der Waals surface area contributed by atoms with Crippen LogP contribution in [0.1, 0.15) is 28.3 Å². The van der Waals surface area contributed by atoms with Crippen LogP contribution < -0.4 is 10.1 Å². The first-order chi connectivity index (χ1) is 14.7. The fourth-order valence-corrected chi connectivity index (χ4v) is 3.54. The van der Waals surface area contributed by atoms with Crippen LogP contribution in [-0.2, 0) is 12.4 Å². The standard InChI is InChI=1S/C20H17F9N2O.2ClH/c21-18(22,23)14-9-13(10-15(11-14)19(24,25)26)17(31-7-5-30-6-8-31)12-1-3-16(4-2-12)32-20(27,28)29;;/h1-4,9-11,17,30H,5-8H2;2*1H/t17-;;/m1../s1. The van der Waals surface area contributed by atoms with Crippen LogP contribution in [0.25, 0.3) is 0 Å². The predicted octanol–water partition coefficient (Wildman–Crippen LogP) is 6.46. The van der Waals surface area contributed by atoms with Crippen LogP contribution >= 0.6 is 24.8 Å². The Morgan fingerprint density at radius 1 is 0.706 bits per heavy atom. The molecule has 0 saturated carbocycles. The third-order valence-electron chi connectivity index (χ3n) is 4.87. The Morgan fingerprint density at radius 3 is 1.59 bits per heavy atom. The van der Waals surface area contributed by atoms with Crippen molar-refractivity contribution in [2.45, 2.75) is 24.8 Å². The van der Waals surface area contributed by atoms with Crippen LogP contribution in [0.15, 0.2) is 42.5 Å². The molecule has 0 spiro atoms. The van der Waals surface area contributed by atoms with Crippen molar-refractivity contribution < 1.29 is 44.3 Å². The molecule has 1 saturated heterocycles. The van der Waals surface area contributed by atoms with Gasteiger partial charge >= 0.3 is 18.7 Å². The Kier molecular flexibility index (Phi) is 9.96. The zero-order valence-electron chi connectivity index (χ0n) is 17.0. The van der Waals surface area contributed by atoms with Crippen LogP contribution in [0, 0.1) is 0 Å². The van der Waals surface area contributed by atoms with Crippen LogP contribution in [-0.4, -0.2) is 37.4 Å². The molecule has 1 aliphatic rings. The van der Waals surface area contributed by atoms with Crippen molar-refractivity contribution in [3.05, 3.63) is 64.7 Å². The van der Waals surface area contributed by atoms with Gasteiger partial charge in [0.15, 0.2) is 0 Å². The Balaban J connectivity index is 0.00000289. The lowest BCUT2D eigenvalue weighted by Crippen LogP contribution is -2.45. The number of hydrogen-bond acceptors (Lipinski definition) is 3. The van der Waals surface area contributed by atoms with E-state index in [-0.39, 0.29) is 42.0 Å². The van der Waals surface area contributed by atoms with E-state index in [0.29, 0.717) is 38.3 Å². The molecule has 34 heavy (non-hydrogen) atoms. The number of halogens is 11. The minimum absolute atomic E-state index is 0. The summed E-state index contributed by atoms with van der Waals surface area (Å²) in [4.78, 5) is 1.67. The molecule has 0 unspecified atom stereocenters. The highest BCUT2D eigenvalue weighted by Crippen LogP contribution is 2.40. The van der Waals surface area contributed by atoms with Gasteiger partial charge < -0.3 is 10.1 Å². The molecule has 0 radical (unpaired) electrons. The molecule has 1 atom stereocenters. The number of benzene rings is 2. The van der Waals surface area contributed by atoms with E-state index in [9.17, 15) is 39.5 Å². The molecule has 2 aromatic carbocycles. The molecule has 3 rings (SSSR count). The fraction of sp³-hybridized carbons (Fsp3) is 0.400. The number of piperazine rings is 1. The number of rotatable bonds is 4.